The number of rotatable bonds is 6. The Morgan fingerprint density at radius 1 is 1.35 bits per heavy atom. The van der Waals surface area contributed by atoms with E-state index in [-0.39, 0.29) is 24.5 Å². The molecule has 0 aliphatic heterocycles. The molecular formula is C13H20N2O2. The Kier molecular flexibility index (Phi) is 5.66. The van der Waals surface area contributed by atoms with Crippen molar-refractivity contribution in [2.75, 3.05) is 20.2 Å². The smallest absolute Gasteiger partial charge is 0.224 e. The zero-order valence-corrected chi connectivity index (χ0v) is 10.3. The Hall–Kier alpha value is -1.39. The van der Waals surface area contributed by atoms with Gasteiger partial charge < -0.3 is 15.7 Å². The summed E-state index contributed by atoms with van der Waals surface area (Å²) < 4.78 is 0. The lowest BCUT2D eigenvalue weighted by molar-refractivity contribution is -0.125. The number of nitrogens with one attached hydrogen (secondary N) is 2. The molecule has 2 atom stereocenters. The average Bonchev–Trinajstić information content (AvgIpc) is 2.37. The molecule has 94 valence electrons. The van der Waals surface area contributed by atoms with Gasteiger partial charge in [-0.15, -0.1) is 0 Å². The standard InChI is InChI=1S/C13H20N2O2/c1-10(8-14-2)13(17)15-12(9-16)11-6-4-3-5-7-11/h3-7,10,12,14,16H,8-9H2,1-2H3,(H,15,17)/t10?,12-/m1/s1. The van der Waals surface area contributed by atoms with E-state index in [0.717, 1.165) is 5.56 Å². The van der Waals surface area contributed by atoms with Crippen molar-refractivity contribution in [1.82, 2.24) is 10.6 Å². The molecule has 0 aromatic heterocycles. The highest BCUT2D eigenvalue weighted by Crippen LogP contribution is 2.12. The minimum Gasteiger partial charge on any atom is -0.394 e. The van der Waals surface area contributed by atoms with E-state index in [0.29, 0.717) is 6.54 Å². The van der Waals surface area contributed by atoms with Gasteiger partial charge in [-0.2, -0.15) is 0 Å². The lowest BCUT2D eigenvalue weighted by Gasteiger charge is -2.19. The van der Waals surface area contributed by atoms with Gasteiger partial charge in [-0.1, -0.05) is 37.3 Å². The first-order valence-electron chi connectivity index (χ1n) is 5.79. The van der Waals surface area contributed by atoms with Crippen LogP contribution in [0.5, 0.6) is 0 Å². The number of carbonyl (C=O) groups is 1. The lowest BCUT2D eigenvalue weighted by Crippen LogP contribution is -2.37. The van der Waals surface area contributed by atoms with Crippen LogP contribution in [0.2, 0.25) is 0 Å². The Bertz CT molecular complexity index is 341. The van der Waals surface area contributed by atoms with Crippen LogP contribution in [0, 0.1) is 5.92 Å². The first-order valence-corrected chi connectivity index (χ1v) is 5.79. The normalized spacial score (nSPS) is 14.1. The molecule has 0 fully saturated rings. The molecule has 0 bridgehead atoms. The third-order valence-electron chi connectivity index (χ3n) is 2.66. The molecule has 1 amide bonds. The molecule has 3 N–H and O–H groups in total. The van der Waals surface area contributed by atoms with Gasteiger partial charge >= 0.3 is 0 Å². The highest BCUT2D eigenvalue weighted by atomic mass is 16.3. The van der Waals surface area contributed by atoms with Gasteiger partial charge in [-0.25, -0.2) is 0 Å². The van der Waals surface area contributed by atoms with Crippen LogP contribution >= 0.6 is 0 Å². The maximum Gasteiger partial charge on any atom is 0.224 e. The van der Waals surface area contributed by atoms with Gasteiger partial charge in [0.05, 0.1) is 12.6 Å². The Labute approximate surface area is 102 Å². The van der Waals surface area contributed by atoms with E-state index in [1.165, 1.54) is 0 Å². The Morgan fingerprint density at radius 2 is 2.00 bits per heavy atom. The fraction of sp³-hybridized carbons (Fsp3) is 0.462. The maximum absolute atomic E-state index is 11.8. The highest BCUT2D eigenvalue weighted by Gasteiger charge is 2.17. The van der Waals surface area contributed by atoms with Crippen LogP contribution in [0.25, 0.3) is 0 Å². The topological polar surface area (TPSA) is 61.4 Å². The molecule has 1 unspecified atom stereocenters. The van der Waals surface area contributed by atoms with Crippen molar-refractivity contribution < 1.29 is 9.90 Å². The van der Waals surface area contributed by atoms with E-state index in [2.05, 4.69) is 10.6 Å². The van der Waals surface area contributed by atoms with E-state index in [9.17, 15) is 9.90 Å². The second-order valence-electron chi connectivity index (χ2n) is 4.11. The van der Waals surface area contributed by atoms with Gasteiger partial charge in [0.1, 0.15) is 0 Å². The summed E-state index contributed by atoms with van der Waals surface area (Å²) in [6, 6.07) is 9.14. The molecule has 0 aliphatic carbocycles. The van der Waals surface area contributed by atoms with Gasteiger partial charge in [0.2, 0.25) is 5.91 Å². The second kappa shape index (κ2) is 7.04. The summed E-state index contributed by atoms with van der Waals surface area (Å²) in [4.78, 5) is 11.8. The van der Waals surface area contributed by atoms with Gasteiger partial charge in [0, 0.05) is 12.5 Å². The van der Waals surface area contributed by atoms with E-state index in [4.69, 9.17) is 0 Å². The number of hydrogen-bond acceptors (Lipinski definition) is 3. The molecule has 17 heavy (non-hydrogen) atoms. The number of hydrogen-bond donors (Lipinski definition) is 3. The fourth-order valence-corrected chi connectivity index (χ4v) is 1.63. The number of aliphatic hydroxyl groups is 1. The van der Waals surface area contributed by atoms with Gasteiger partial charge in [0.15, 0.2) is 0 Å². The Balaban J connectivity index is 2.62. The largest absolute Gasteiger partial charge is 0.394 e. The summed E-state index contributed by atoms with van der Waals surface area (Å²) >= 11 is 0. The minimum absolute atomic E-state index is 0.0535. The van der Waals surface area contributed by atoms with Crippen LogP contribution < -0.4 is 10.6 Å². The predicted molar refractivity (Wildman–Crippen MR) is 67.5 cm³/mol. The van der Waals surface area contributed by atoms with Crippen LogP contribution in [-0.2, 0) is 4.79 Å². The van der Waals surface area contributed by atoms with E-state index in [1.807, 2.05) is 44.3 Å². The van der Waals surface area contributed by atoms with Crippen molar-refractivity contribution >= 4 is 5.91 Å². The molecule has 0 saturated heterocycles. The summed E-state index contributed by atoms with van der Waals surface area (Å²) in [6.07, 6.45) is 0. The molecule has 1 aromatic carbocycles. The molecule has 1 aromatic rings. The number of aliphatic hydroxyl groups excluding tert-OH is 1. The van der Waals surface area contributed by atoms with Crippen molar-refractivity contribution in [3.05, 3.63) is 35.9 Å². The molecule has 0 saturated carbocycles. The number of benzene rings is 1. The van der Waals surface area contributed by atoms with Crippen LogP contribution in [0.1, 0.15) is 18.5 Å². The molecule has 1 rings (SSSR count). The van der Waals surface area contributed by atoms with Gasteiger partial charge in [-0.05, 0) is 12.6 Å². The lowest BCUT2D eigenvalue weighted by atomic mass is 10.1. The highest BCUT2D eigenvalue weighted by molar-refractivity contribution is 5.79. The zero-order valence-electron chi connectivity index (χ0n) is 10.3. The van der Waals surface area contributed by atoms with Crippen LogP contribution in [0.3, 0.4) is 0 Å². The first kappa shape index (κ1) is 13.7. The molecule has 0 spiro atoms. The van der Waals surface area contributed by atoms with Crippen LogP contribution in [0.15, 0.2) is 30.3 Å². The SMILES string of the molecule is CNCC(C)C(=O)N[C@H](CO)c1ccccc1. The molecule has 0 radical (unpaired) electrons. The zero-order chi connectivity index (χ0) is 12.7. The Morgan fingerprint density at radius 3 is 2.53 bits per heavy atom. The summed E-state index contributed by atoms with van der Waals surface area (Å²) in [5, 5.41) is 15.1. The van der Waals surface area contributed by atoms with Crippen molar-refractivity contribution in [3.63, 3.8) is 0 Å². The van der Waals surface area contributed by atoms with E-state index < -0.39 is 0 Å². The second-order valence-corrected chi connectivity index (χ2v) is 4.11. The monoisotopic (exact) mass is 236 g/mol. The van der Waals surface area contributed by atoms with E-state index >= 15 is 0 Å². The first-order chi connectivity index (χ1) is 8.19. The van der Waals surface area contributed by atoms with Crippen molar-refractivity contribution in [2.45, 2.75) is 13.0 Å². The predicted octanol–water partition coefficient (Wildman–Crippen LogP) is 0.692. The average molecular weight is 236 g/mol. The van der Waals surface area contributed by atoms with Crippen molar-refractivity contribution in [3.8, 4) is 0 Å². The third kappa shape index (κ3) is 4.17. The summed E-state index contributed by atoms with van der Waals surface area (Å²) in [5.74, 6) is -0.167. The van der Waals surface area contributed by atoms with E-state index in [1.54, 1.807) is 0 Å². The summed E-state index contributed by atoms with van der Waals surface area (Å²) in [6.45, 7) is 2.38. The minimum atomic E-state index is -0.331. The number of carbonyl (C=O) groups excluding carboxylic acids is 1. The third-order valence-corrected chi connectivity index (χ3v) is 2.66. The molecule has 0 aliphatic rings. The molecule has 4 heteroatoms. The van der Waals surface area contributed by atoms with Crippen LogP contribution in [0.4, 0.5) is 0 Å². The quantitative estimate of drug-likeness (QED) is 0.681. The number of amides is 1. The van der Waals surface area contributed by atoms with Gasteiger partial charge in [-0.3, -0.25) is 4.79 Å². The maximum atomic E-state index is 11.8. The van der Waals surface area contributed by atoms with Crippen LogP contribution in [-0.4, -0.2) is 31.2 Å². The van der Waals surface area contributed by atoms with Crippen molar-refractivity contribution in [1.29, 1.82) is 0 Å². The molecule has 0 heterocycles. The van der Waals surface area contributed by atoms with Gasteiger partial charge in [0.25, 0.3) is 0 Å². The van der Waals surface area contributed by atoms with Crippen molar-refractivity contribution in [2.24, 2.45) is 5.92 Å². The molecule has 4 nitrogen and oxygen atoms in total. The molecular weight excluding hydrogens is 216 g/mol. The summed E-state index contributed by atoms with van der Waals surface area (Å²) in [7, 11) is 1.81. The fourth-order valence-electron chi connectivity index (χ4n) is 1.63. The summed E-state index contributed by atoms with van der Waals surface area (Å²) in [5.41, 5.74) is 0.917.